The van der Waals surface area contributed by atoms with Gasteiger partial charge in [0.05, 0.1) is 0 Å². The molecule has 1 aromatic carbocycles. The topological polar surface area (TPSA) is 17.1 Å². The first kappa shape index (κ1) is 18.0. The molecule has 0 amide bonds. The minimum Gasteiger partial charge on any atom is -0.289 e. The number of carbonyl (C=O) groups excluding carboxylic acids is 1. The summed E-state index contributed by atoms with van der Waals surface area (Å²) < 4.78 is 0. The van der Waals surface area contributed by atoms with Crippen LogP contribution in [0.15, 0.2) is 89.3 Å². The highest BCUT2D eigenvalue weighted by Gasteiger charge is 2.06. The zero-order valence-electron chi connectivity index (χ0n) is 13.2. The van der Waals surface area contributed by atoms with E-state index in [0.717, 1.165) is 21.8 Å². The summed E-state index contributed by atoms with van der Waals surface area (Å²) in [6, 6.07) is 9.32. The maximum atomic E-state index is 12.2. The van der Waals surface area contributed by atoms with Crippen molar-refractivity contribution in [2.24, 2.45) is 0 Å². The summed E-state index contributed by atoms with van der Waals surface area (Å²) in [7, 11) is 0. The van der Waals surface area contributed by atoms with E-state index in [4.69, 9.17) is 0 Å². The molecule has 0 aliphatic heterocycles. The molecule has 0 saturated heterocycles. The normalized spacial score (nSPS) is 12.9. The van der Waals surface area contributed by atoms with Gasteiger partial charge in [-0.05, 0) is 30.7 Å². The van der Waals surface area contributed by atoms with E-state index in [1.54, 1.807) is 11.8 Å². The molecule has 0 atom stereocenters. The third-order valence-electron chi connectivity index (χ3n) is 2.93. The molecule has 0 fully saturated rings. The maximum Gasteiger partial charge on any atom is 0.188 e. The Kier molecular flexibility index (Phi) is 8.01. The number of hydrogen-bond acceptors (Lipinski definition) is 2. The molecule has 114 valence electrons. The molecule has 0 N–H and O–H groups in total. The largest absolute Gasteiger partial charge is 0.289 e. The first-order valence-electron chi connectivity index (χ1n) is 7.14. The number of ketones is 1. The van der Waals surface area contributed by atoms with Gasteiger partial charge in [-0.15, -0.1) is 6.58 Å². The average Bonchev–Trinajstić information content (AvgIpc) is 2.56. The molecule has 1 aromatic rings. The maximum absolute atomic E-state index is 12.2. The Morgan fingerprint density at radius 1 is 1.14 bits per heavy atom. The van der Waals surface area contributed by atoms with Crippen LogP contribution in [0.3, 0.4) is 0 Å². The van der Waals surface area contributed by atoms with Crippen LogP contribution in [0, 0.1) is 0 Å². The highest BCUT2D eigenvalue weighted by atomic mass is 32.2. The van der Waals surface area contributed by atoms with Crippen LogP contribution in [0.2, 0.25) is 0 Å². The summed E-state index contributed by atoms with van der Waals surface area (Å²) in [5.41, 5.74) is 1.44. The van der Waals surface area contributed by atoms with Crippen molar-refractivity contribution in [2.75, 3.05) is 0 Å². The fourth-order valence-corrected chi connectivity index (χ4v) is 2.49. The van der Waals surface area contributed by atoms with Crippen molar-refractivity contribution < 1.29 is 4.79 Å². The van der Waals surface area contributed by atoms with Gasteiger partial charge in [0, 0.05) is 10.5 Å². The monoisotopic (exact) mass is 310 g/mol. The first-order chi connectivity index (χ1) is 10.6. The summed E-state index contributed by atoms with van der Waals surface area (Å²) in [5.74, 6) is 0.0563. The van der Waals surface area contributed by atoms with Crippen LogP contribution in [0.25, 0.3) is 0 Å². The fourth-order valence-electron chi connectivity index (χ4n) is 1.72. The molecule has 0 unspecified atom stereocenters. The predicted octanol–water partition coefficient (Wildman–Crippen LogP) is 6.10. The third-order valence-corrected chi connectivity index (χ3v) is 3.95. The molecule has 0 spiro atoms. The van der Waals surface area contributed by atoms with Crippen LogP contribution in [0.5, 0.6) is 0 Å². The number of hydrogen-bond donors (Lipinski definition) is 0. The SMILES string of the molecule is C=CCC=C(C=C)SC(C)=CC=C(C)C(=O)c1ccccc1. The smallest absolute Gasteiger partial charge is 0.188 e. The third kappa shape index (κ3) is 6.15. The summed E-state index contributed by atoms with van der Waals surface area (Å²) in [5, 5.41) is 0. The summed E-state index contributed by atoms with van der Waals surface area (Å²) in [4.78, 5) is 14.4. The van der Waals surface area contributed by atoms with Gasteiger partial charge >= 0.3 is 0 Å². The number of thioether (sulfide) groups is 1. The molecule has 0 radical (unpaired) electrons. The molecular formula is C20H22OS. The van der Waals surface area contributed by atoms with Gasteiger partial charge in [0.15, 0.2) is 5.78 Å². The van der Waals surface area contributed by atoms with Crippen LogP contribution < -0.4 is 0 Å². The van der Waals surface area contributed by atoms with E-state index in [1.807, 2.05) is 68.5 Å². The summed E-state index contributed by atoms with van der Waals surface area (Å²) in [6.07, 6.45) is 10.4. The van der Waals surface area contributed by atoms with Crippen molar-refractivity contribution >= 4 is 17.5 Å². The lowest BCUT2D eigenvalue weighted by atomic mass is 10.0. The minimum atomic E-state index is 0.0563. The van der Waals surface area contributed by atoms with Crippen molar-refractivity contribution in [2.45, 2.75) is 20.3 Å². The quantitative estimate of drug-likeness (QED) is 0.250. The number of Topliss-reactive ketones (excluding diaryl/α,β-unsaturated/α-hetero) is 1. The lowest BCUT2D eigenvalue weighted by Crippen LogP contribution is -1.99. The van der Waals surface area contributed by atoms with Gasteiger partial charge in [-0.3, -0.25) is 4.79 Å². The zero-order valence-corrected chi connectivity index (χ0v) is 14.0. The van der Waals surface area contributed by atoms with E-state index in [9.17, 15) is 4.79 Å². The van der Waals surface area contributed by atoms with Crippen LogP contribution in [-0.2, 0) is 0 Å². The lowest BCUT2D eigenvalue weighted by Gasteiger charge is -2.02. The Morgan fingerprint density at radius 3 is 2.41 bits per heavy atom. The fraction of sp³-hybridized carbons (Fsp3) is 0.150. The molecule has 0 aliphatic rings. The number of benzene rings is 1. The molecular weight excluding hydrogens is 288 g/mol. The summed E-state index contributed by atoms with van der Waals surface area (Å²) in [6.45, 7) is 11.4. The zero-order chi connectivity index (χ0) is 16.4. The van der Waals surface area contributed by atoms with E-state index in [0.29, 0.717) is 5.56 Å². The summed E-state index contributed by atoms with van der Waals surface area (Å²) >= 11 is 1.63. The average molecular weight is 310 g/mol. The van der Waals surface area contributed by atoms with Crippen molar-refractivity contribution in [3.05, 3.63) is 94.8 Å². The second-order valence-corrected chi connectivity index (χ2v) is 6.08. The van der Waals surface area contributed by atoms with E-state index in [2.05, 4.69) is 19.2 Å². The van der Waals surface area contributed by atoms with E-state index >= 15 is 0 Å². The Hall–Kier alpha value is -2.06. The highest BCUT2D eigenvalue weighted by Crippen LogP contribution is 2.26. The number of allylic oxidation sites excluding steroid dienone is 7. The van der Waals surface area contributed by atoms with E-state index < -0.39 is 0 Å². The number of carbonyl (C=O) groups is 1. The van der Waals surface area contributed by atoms with Gasteiger partial charge in [0.2, 0.25) is 0 Å². The molecule has 0 aliphatic carbocycles. The van der Waals surface area contributed by atoms with Crippen molar-refractivity contribution in [3.8, 4) is 0 Å². The highest BCUT2D eigenvalue weighted by molar-refractivity contribution is 8.06. The van der Waals surface area contributed by atoms with Crippen LogP contribution >= 0.6 is 11.8 Å². The molecule has 1 nitrogen and oxygen atoms in total. The van der Waals surface area contributed by atoms with Crippen LogP contribution in [0.1, 0.15) is 30.6 Å². The van der Waals surface area contributed by atoms with E-state index in [-0.39, 0.29) is 5.78 Å². The Labute approximate surface area is 137 Å². The molecule has 1 rings (SSSR count). The Morgan fingerprint density at radius 2 is 1.82 bits per heavy atom. The molecule has 22 heavy (non-hydrogen) atoms. The van der Waals surface area contributed by atoms with Crippen molar-refractivity contribution in [3.63, 3.8) is 0 Å². The molecule has 0 bridgehead atoms. The van der Waals surface area contributed by atoms with Crippen molar-refractivity contribution in [1.29, 1.82) is 0 Å². The van der Waals surface area contributed by atoms with Gasteiger partial charge < -0.3 is 0 Å². The van der Waals surface area contributed by atoms with Crippen molar-refractivity contribution in [1.82, 2.24) is 0 Å². The van der Waals surface area contributed by atoms with Gasteiger partial charge in [0.25, 0.3) is 0 Å². The molecule has 0 saturated carbocycles. The number of rotatable bonds is 8. The van der Waals surface area contributed by atoms with Gasteiger partial charge in [-0.1, -0.05) is 79.1 Å². The van der Waals surface area contributed by atoms with E-state index in [1.165, 1.54) is 0 Å². The standard InChI is InChI=1S/C20H22OS/c1-5-7-13-19(6-2)22-17(4)15-14-16(3)20(21)18-11-9-8-10-12-18/h5-6,8-15H,1-2,7H2,3-4H3. The second kappa shape index (κ2) is 9.80. The molecule has 0 heterocycles. The first-order valence-corrected chi connectivity index (χ1v) is 7.96. The molecule has 2 heteroatoms. The van der Waals surface area contributed by atoms with Gasteiger partial charge in [-0.25, -0.2) is 0 Å². The van der Waals surface area contributed by atoms with Gasteiger partial charge in [-0.2, -0.15) is 0 Å². The van der Waals surface area contributed by atoms with Crippen LogP contribution in [0.4, 0.5) is 0 Å². The predicted molar refractivity (Wildman–Crippen MR) is 99.0 cm³/mol. The van der Waals surface area contributed by atoms with Crippen LogP contribution in [-0.4, -0.2) is 5.78 Å². The Bertz CT molecular complexity index is 618. The molecule has 0 aromatic heterocycles. The minimum absolute atomic E-state index is 0.0563. The Balaban J connectivity index is 2.77. The second-order valence-electron chi connectivity index (χ2n) is 4.76. The van der Waals surface area contributed by atoms with Gasteiger partial charge in [0.1, 0.15) is 0 Å². The lowest BCUT2D eigenvalue weighted by molar-refractivity contribution is 0.103.